The van der Waals surface area contributed by atoms with Crippen LogP contribution in [0.25, 0.3) is 0 Å². The molecular weight excluding hydrogens is 264 g/mol. The van der Waals surface area contributed by atoms with Crippen LogP contribution >= 0.6 is 0 Å². The summed E-state index contributed by atoms with van der Waals surface area (Å²) in [5.74, 6) is 0.340. The molecule has 1 fully saturated rings. The highest BCUT2D eigenvalue weighted by Gasteiger charge is 2.16. The molecule has 19 heavy (non-hydrogen) atoms. The van der Waals surface area contributed by atoms with Gasteiger partial charge in [0.15, 0.2) is 0 Å². The molecule has 0 aliphatic carbocycles. The zero-order valence-corrected chi connectivity index (χ0v) is 11.9. The van der Waals surface area contributed by atoms with Crippen LogP contribution in [0.4, 0.5) is 0 Å². The van der Waals surface area contributed by atoms with Crippen LogP contribution in [0.5, 0.6) is 5.75 Å². The van der Waals surface area contributed by atoms with Crippen molar-refractivity contribution < 1.29 is 13.2 Å². The van der Waals surface area contributed by atoms with Crippen molar-refractivity contribution in [2.45, 2.75) is 24.7 Å². The fourth-order valence-corrected chi connectivity index (χ4v) is 3.01. The summed E-state index contributed by atoms with van der Waals surface area (Å²) in [4.78, 5) is 2.37. The number of benzene rings is 1. The Labute approximate surface area is 114 Å². The molecule has 1 heterocycles. The fourth-order valence-electron chi connectivity index (χ4n) is 2.25. The third-order valence-electron chi connectivity index (χ3n) is 3.27. The van der Waals surface area contributed by atoms with Gasteiger partial charge in [0, 0.05) is 6.54 Å². The van der Waals surface area contributed by atoms with Crippen molar-refractivity contribution in [1.29, 1.82) is 0 Å². The fraction of sp³-hybridized carbons (Fsp3) is 0.538. The van der Waals surface area contributed by atoms with Gasteiger partial charge in [-0.25, -0.2) is 13.6 Å². The summed E-state index contributed by atoms with van der Waals surface area (Å²) in [7, 11) is -3.74. The first-order valence-electron chi connectivity index (χ1n) is 6.45. The monoisotopic (exact) mass is 284 g/mol. The van der Waals surface area contributed by atoms with Gasteiger partial charge in [0.2, 0.25) is 10.0 Å². The Bertz CT molecular complexity index is 537. The van der Waals surface area contributed by atoms with Gasteiger partial charge >= 0.3 is 0 Å². The number of ether oxygens (including phenoxy) is 1. The average Bonchev–Trinajstić information content (AvgIpc) is 2.83. The van der Waals surface area contributed by atoms with Gasteiger partial charge in [-0.15, -0.1) is 0 Å². The van der Waals surface area contributed by atoms with Crippen molar-refractivity contribution in [3.05, 3.63) is 23.8 Å². The number of likely N-dealkylation sites (tertiary alicyclic amines) is 1. The number of nitrogens with two attached hydrogens (primary N) is 1. The van der Waals surface area contributed by atoms with Crippen molar-refractivity contribution >= 4 is 10.0 Å². The Morgan fingerprint density at radius 3 is 2.63 bits per heavy atom. The quantitative estimate of drug-likeness (QED) is 0.879. The molecule has 6 heteroatoms. The van der Waals surface area contributed by atoms with Gasteiger partial charge in [-0.2, -0.15) is 0 Å². The summed E-state index contributed by atoms with van der Waals surface area (Å²) in [6.45, 7) is 5.31. The maximum atomic E-state index is 11.5. The predicted octanol–water partition coefficient (Wildman–Crippen LogP) is 1.12. The molecule has 2 rings (SSSR count). The number of primary sulfonamides is 1. The Hall–Kier alpha value is -1.11. The lowest BCUT2D eigenvalue weighted by Gasteiger charge is -2.16. The molecule has 1 saturated heterocycles. The lowest BCUT2D eigenvalue weighted by atomic mass is 10.2. The van der Waals surface area contributed by atoms with Crippen molar-refractivity contribution in [3.8, 4) is 5.75 Å². The highest BCUT2D eigenvalue weighted by molar-refractivity contribution is 7.89. The molecule has 1 aromatic carbocycles. The summed E-state index contributed by atoms with van der Waals surface area (Å²) < 4.78 is 28.6. The molecule has 0 unspecified atom stereocenters. The highest BCUT2D eigenvalue weighted by atomic mass is 32.2. The van der Waals surface area contributed by atoms with Gasteiger partial charge in [-0.05, 0) is 50.6 Å². The molecule has 0 atom stereocenters. The number of nitrogens with zero attached hydrogens (tertiary/aromatic N) is 1. The second kappa shape index (κ2) is 5.90. The number of hydrogen-bond donors (Lipinski definition) is 1. The van der Waals surface area contributed by atoms with E-state index in [1.807, 2.05) is 13.0 Å². The van der Waals surface area contributed by atoms with E-state index in [2.05, 4.69) is 4.90 Å². The van der Waals surface area contributed by atoms with Crippen molar-refractivity contribution in [2.75, 3.05) is 26.2 Å². The van der Waals surface area contributed by atoms with Gasteiger partial charge in [0.1, 0.15) is 17.3 Å². The van der Waals surface area contributed by atoms with Gasteiger partial charge in [-0.3, -0.25) is 4.90 Å². The average molecular weight is 284 g/mol. The second-order valence-corrected chi connectivity index (χ2v) is 6.42. The summed E-state index contributed by atoms with van der Waals surface area (Å²) in [5.41, 5.74) is 0.843. The van der Waals surface area contributed by atoms with E-state index in [9.17, 15) is 8.42 Å². The van der Waals surface area contributed by atoms with Gasteiger partial charge < -0.3 is 4.74 Å². The highest BCUT2D eigenvalue weighted by Crippen LogP contribution is 2.23. The Balaban J connectivity index is 2.03. The second-order valence-electron chi connectivity index (χ2n) is 4.89. The van der Waals surface area contributed by atoms with Crippen molar-refractivity contribution in [3.63, 3.8) is 0 Å². The van der Waals surface area contributed by atoms with Crippen LogP contribution < -0.4 is 9.88 Å². The molecule has 0 amide bonds. The number of aryl methyl sites for hydroxylation is 1. The molecule has 0 radical (unpaired) electrons. The molecule has 1 aliphatic rings. The summed E-state index contributed by atoms with van der Waals surface area (Å²) in [6, 6.07) is 5.03. The van der Waals surface area contributed by atoms with Crippen LogP contribution in [0.1, 0.15) is 18.4 Å². The minimum Gasteiger partial charge on any atom is -0.491 e. The number of hydrogen-bond acceptors (Lipinski definition) is 4. The van der Waals surface area contributed by atoms with Crippen LogP contribution in [-0.2, 0) is 10.0 Å². The lowest BCUT2D eigenvalue weighted by molar-refractivity contribution is 0.234. The van der Waals surface area contributed by atoms with Crippen LogP contribution in [-0.4, -0.2) is 39.6 Å². The summed E-state index contributed by atoms with van der Waals surface area (Å²) in [5, 5.41) is 5.20. The zero-order chi connectivity index (χ0) is 13.9. The summed E-state index contributed by atoms with van der Waals surface area (Å²) >= 11 is 0. The Morgan fingerprint density at radius 1 is 1.32 bits per heavy atom. The smallest absolute Gasteiger partial charge is 0.241 e. The maximum absolute atomic E-state index is 11.5. The number of rotatable bonds is 5. The first-order valence-corrected chi connectivity index (χ1v) is 8.00. The van der Waals surface area contributed by atoms with Crippen LogP contribution in [0.2, 0.25) is 0 Å². The van der Waals surface area contributed by atoms with Crippen LogP contribution in [0, 0.1) is 6.92 Å². The zero-order valence-electron chi connectivity index (χ0n) is 11.1. The van der Waals surface area contributed by atoms with Crippen molar-refractivity contribution in [1.82, 2.24) is 4.90 Å². The molecule has 0 saturated carbocycles. The largest absolute Gasteiger partial charge is 0.491 e. The topological polar surface area (TPSA) is 72.6 Å². The molecule has 2 N–H and O–H groups in total. The molecule has 1 aromatic rings. The Morgan fingerprint density at radius 2 is 2.00 bits per heavy atom. The maximum Gasteiger partial charge on any atom is 0.241 e. The Kier molecular flexibility index (Phi) is 4.44. The molecule has 0 bridgehead atoms. The van der Waals surface area contributed by atoms with E-state index in [0.717, 1.165) is 25.2 Å². The third kappa shape index (κ3) is 3.92. The first kappa shape index (κ1) is 14.3. The van der Waals surface area contributed by atoms with E-state index in [1.54, 1.807) is 12.1 Å². The standard InChI is InChI=1S/C13H20N2O3S/c1-11-4-5-12(13(10-11)19(14,16)17)18-9-8-15-6-2-3-7-15/h4-5,10H,2-3,6-9H2,1H3,(H2,14,16,17). The predicted molar refractivity (Wildman–Crippen MR) is 73.7 cm³/mol. The van der Waals surface area contributed by atoms with E-state index in [4.69, 9.17) is 9.88 Å². The molecule has 0 spiro atoms. The molecular formula is C13H20N2O3S. The van der Waals surface area contributed by atoms with E-state index >= 15 is 0 Å². The van der Waals surface area contributed by atoms with E-state index in [-0.39, 0.29) is 4.90 Å². The van der Waals surface area contributed by atoms with Gasteiger partial charge in [0.25, 0.3) is 0 Å². The molecule has 106 valence electrons. The minimum absolute atomic E-state index is 0.0638. The normalized spacial score (nSPS) is 16.7. The van der Waals surface area contributed by atoms with Gasteiger partial charge in [0.05, 0.1) is 0 Å². The molecule has 1 aliphatic heterocycles. The SMILES string of the molecule is Cc1ccc(OCCN2CCCC2)c(S(N)(=O)=O)c1. The van der Waals surface area contributed by atoms with Gasteiger partial charge in [-0.1, -0.05) is 6.07 Å². The van der Waals surface area contributed by atoms with E-state index < -0.39 is 10.0 Å². The summed E-state index contributed by atoms with van der Waals surface area (Å²) in [6.07, 6.45) is 2.46. The minimum atomic E-state index is -3.74. The lowest BCUT2D eigenvalue weighted by Crippen LogP contribution is -2.25. The third-order valence-corrected chi connectivity index (χ3v) is 4.20. The molecule has 0 aromatic heterocycles. The van der Waals surface area contributed by atoms with E-state index in [0.29, 0.717) is 12.4 Å². The number of sulfonamides is 1. The van der Waals surface area contributed by atoms with Crippen LogP contribution in [0.15, 0.2) is 23.1 Å². The van der Waals surface area contributed by atoms with Crippen LogP contribution in [0.3, 0.4) is 0 Å². The van der Waals surface area contributed by atoms with Crippen molar-refractivity contribution in [2.24, 2.45) is 5.14 Å². The first-order chi connectivity index (χ1) is 8.97. The van der Waals surface area contributed by atoms with E-state index in [1.165, 1.54) is 12.8 Å². The molecule has 5 nitrogen and oxygen atoms in total.